The number of hydrogen-bond acceptors (Lipinski definition) is 4. The molecule has 0 amide bonds. The van der Waals surface area contributed by atoms with Crippen molar-refractivity contribution in [2.75, 3.05) is 6.61 Å². The van der Waals surface area contributed by atoms with Gasteiger partial charge in [0, 0.05) is 42.3 Å². The summed E-state index contributed by atoms with van der Waals surface area (Å²) >= 11 is 6.49. The Morgan fingerprint density at radius 3 is 2.22 bits per heavy atom. The lowest BCUT2D eigenvalue weighted by Crippen LogP contribution is -2.24. The molecule has 0 unspecified atom stereocenters. The zero-order valence-corrected chi connectivity index (χ0v) is 26.4. The molecule has 1 aromatic heterocycles. The summed E-state index contributed by atoms with van der Waals surface area (Å²) in [6.07, 6.45) is 2.04. The summed E-state index contributed by atoms with van der Waals surface area (Å²) in [5, 5.41) is 0.651. The monoisotopic (exact) mass is 629 g/mol. The van der Waals surface area contributed by atoms with Gasteiger partial charge in [0.05, 0.1) is 18.0 Å². The van der Waals surface area contributed by atoms with Crippen molar-refractivity contribution < 1.29 is 18.3 Å². The highest BCUT2D eigenvalue weighted by Crippen LogP contribution is 2.33. The fourth-order valence-electron chi connectivity index (χ4n) is 5.45. The number of unbranched alkanes of at least 4 members (excludes halogenated alkanes) is 1. The van der Waals surface area contributed by atoms with Crippen LogP contribution >= 0.6 is 11.6 Å². The second-order valence-electron chi connectivity index (χ2n) is 10.9. The molecule has 8 heteroatoms. The Morgan fingerprint density at radius 2 is 1.51 bits per heavy atom. The Bertz CT molecular complexity index is 1660. The summed E-state index contributed by atoms with van der Waals surface area (Å²) in [4.78, 5) is 7.60. The third kappa shape index (κ3) is 8.71. The number of ether oxygens (including phenoxy) is 2. The first-order chi connectivity index (χ1) is 21.9. The minimum atomic E-state index is -2.86. The van der Waals surface area contributed by atoms with Crippen LogP contribution in [0, 0.1) is 0 Å². The minimum absolute atomic E-state index is 0.137. The molecule has 0 aliphatic carbocycles. The van der Waals surface area contributed by atoms with Gasteiger partial charge in [0.1, 0.15) is 17.3 Å². The molecule has 5 rings (SSSR count). The van der Waals surface area contributed by atoms with E-state index in [-0.39, 0.29) is 5.75 Å². The van der Waals surface area contributed by atoms with E-state index < -0.39 is 6.61 Å². The third-order valence-electron chi connectivity index (χ3n) is 7.48. The van der Waals surface area contributed by atoms with Crippen LogP contribution in [0.15, 0.2) is 103 Å². The maximum Gasteiger partial charge on any atom is 0.387 e. The van der Waals surface area contributed by atoms with Crippen molar-refractivity contribution in [1.82, 2.24) is 14.5 Å². The topological polar surface area (TPSA) is 39.5 Å². The van der Waals surface area contributed by atoms with E-state index in [1.807, 2.05) is 73.7 Å². The van der Waals surface area contributed by atoms with Crippen LogP contribution < -0.4 is 9.47 Å². The molecule has 0 radical (unpaired) electrons. The molecule has 0 spiro atoms. The molecule has 0 aliphatic heterocycles. The number of benzene rings is 4. The molecular formula is C37H38ClF2N3O2. The van der Waals surface area contributed by atoms with Crippen LogP contribution in [0.3, 0.4) is 0 Å². The highest BCUT2D eigenvalue weighted by Gasteiger charge is 2.22. The SMILES string of the molecule is CCCCn1c(-c2ccccc2)nc(-c2cccc(Cl)c2)c1CN(Cc1ccc(OC(F)F)cc1)Cc1cccc(OCC)c1. The molecule has 1 heterocycles. The molecule has 45 heavy (non-hydrogen) atoms. The molecule has 4 aromatic carbocycles. The molecule has 0 N–H and O–H groups in total. The van der Waals surface area contributed by atoms with Crippen molar-refractivity contribution >= 4 is 11.6 Å². The molecule has 5 aromatic rings. The molecule has 0 bridgehead atoms. The van der Waals surface area contributed by atoms with Crippen molar-refractivity contribution in [3.05, 3.63) is 125 Å². The predicted molar refractivity (Wildman–Crippen MR) is 177 cm³/mol. The van der Waals surface area contributed by atoms with Gasteiger partial charge in [-0.15, -0.1) is 0 Å². The van der Waals surface area contributed by atoms with Crippen LogP contribution in [-0.4, -0.2) is 27.7 Å². The van der Waals surface area contributed by atoms with Crippen LogP contribution in [0.5, 0.6) is 11.5 Å². The fourth-order valence-corrected chi connectivity index (χ4v) is 5.64. The van der Waals surface area contributed by atoms with Crippen LogP contribution in [0.4, 0.5) is 8.78 Å². The molecule has 5 nitrogen and oxygen atoms in total. The van der Waals surface area contributed by atoms with Gasteiger partial charge in [-0.05, 0) is 60.9 Å². The molecule has 0 aliphatic rings. The Hall–Kier alpha value is -4.20. The summed E-state index contributed by atoms with van der Waals surface area (Å²) in [6.45, 7) is 4.48. The fraction of sp³-hybridized carbons (Fsp3) is 0.270. The van der Waals surface area contributed by atoms with Crippen LogP contribution in [0.25, 0.3) is 22.6 Å². The largest absolute Gasteiger partial charge is 0.494 e. The molecule has 0 saturated heterocycles. The van der Waals surface area contributed by atoms with Crippen LogP contribution in [0.1, 0.15) is 43.5 Å². The first kappa shape index (κ1) is 32.2. The van der Waals surface area contributed by atoms with Gasteiger partial charge in [0.15, 0.2) is 0 Å². The lowest BCUT2D eigenvalue weighted by atomic mass is 10.1. The second-order valence-corrected chi connectivity index (χ2v) is 11.3. The van der Waals surface area contributed by atoms with Gasteiger partial charge in [0.2, 0.25) is 0 Å². The Morgan fingerprint density at radius 1 is 0.778 bits per heavy atom. The Labute approximate surface area is 269 Å². The standard InChI is InChI=1S/C37H38ClF2N3O2/c1-3-5-21-43-34(35(30-14-10-15-31(38)23-30)41-36(43)29-12-7-6-8-13-29)26-42(25-28-11-9-16-33(22-28)44-4-2)24-27-17-19-32(20-18-27)45-37(39)40/h6-20,22-23,37H,3-5,21,24-26H2,1-2H3. The zero-order valence-electron chi connectivity index (χ0n) is 25.6. The number of nitrogens with zero attached hydrogens (tertiary/aromatic N) is 3. The molecular weight excluding hydrogens is 592 g/mol. The normalized spacial score (nSPS) is 11.4. The molecule has 0 saturated carbocycles. The van der Waals surface area contributed by atoms with Crippen molar-refractivity contribution in [1.29, 1.82) is 0 Å². The quantitative estimate of drug-likeness (QED) is 0.116. The van der Waals surface area contributed by atoms with Crippen molar-refractivity contribution in [3.63, 3.8) is 0 Å². The van der Waals surface area contributed by atoms with Gasteiger partial charge in [0.25, 0.3) is 0 Å². The van der Waals surface area contributed by atoms with Crippen LogP contribution in [-0.2, 0) is 26.2 Å². The summed E-state index contributed by atoms with van der Waals surface area (Å²) in [7, 11) is 0. The van der Waals surface area contributed by atoms with E-state index in [1.165, 1.54) is 0 Å². The number of aromatic nitrogens is 2. The van der Waals surface area contributed by atoms with Gasteiger partial charge in [-0.2, -0.15) is 8.78 Å². The average Bonchev–Trinajstić information content (AvgIpc) is 3.39. The number of imidazole rings is 1. The summed E-state index contributed by atoms with van der Waals surface area (Å²) in [6, 6.07) is 33.1. The van der Waals surface area contributed by atoms with Gasteiger partial charge in [-0.25, -0.2) is 4.98 Å². The van der Waals surface area contributed by atoms with Gasteiger partial charge < -0.3 is 14.0 Å². The Kier molecular flexibility index (Phi) is 11.2. The zero-order chi connectivity index (χ0) is 31.6. The average molecular weight is 630 g/mol. The van der Waals surface area contributed by atoms with E-state index in [2.05, 4.69) is 45.4 Å². The molecule has 0 fully saturated rings. The van der Waals surface area contributed by atoms with Crippen molar-refractivity contribution in [3.8, 4) is 34.1 Å². The van der Waals surface area contributed by atoms with E-state index in [0.29, 0.717) is 31.3 Å². The van der Waals surface area contributed by atoms with E-state index in [4.69, 9.17) is 21.3 Å². The highest BCUT2D eigenvalue weighted by atomic mass is 35.5. The number of halogens is 3. The minimum Gasteiger partial charge on any atom is -0.494 e. The van der Waals surface area contributed by atoms with E-state index in [1.54, 1.807) is 12.1 Å². The lowest BCUT2D eigenvalue weighted by molar-refractivity contribution is -0.0498. The van der Waals surface area contributed by atoms with Gasteiger partial charge in [-0.1, -0.05) is 91.7 Å². The maximum absolute atomic E-state index is 12.8. The third-order valence-corrected chi connectivity index (χ3v) is 7.72. The number of hydrogen-bond donors (Lipinski definition) is 0. The summed E-state index contributed by atoms with van der Waals surface area (Å²) in [5.74, 6) is 1.88. The van der Waals surface area contributed by atoms with E-state index >= 15 is 0 Å². The second kappa shape index (κ2) is 15.7. The molecule has 0 atom stereocenters. The maximum atomic E-state index is 12.8. The summed E-state index contributed by atoms with van der Waals surface area (Å²) < 4.78 is 38.3. The predicted octanol–water partition coefficient (Wildman–Crippen LogP) is 9.87. The highest BCUT2D eigenvalue weighted by molar-refractivity contribution is 6.30. The first-order valence-corrected chi connectivity index (χ1v) is 15.7. The van der Waals surface area contributed by atoms with E-state index in [9.17, 15) is 8.78 Å². The van der Waals surface area contributed by atoms with Gasteiger partial charge in [-0.3, -0.25) is 4.90 Å². The molecule has 234 valence electrons. The van der Waals surface area contributed by atoms with E-state index in [0.717, 1.165) is 64.6 Å². The van der Waals surface area contributed by atoms with Gasteiger partial charge >= 0.3 is 6.61 Å². The van der Waals surface area contributed by atoms with Crippen molar-refractivity contribution in [2.45, 2.75) is 59.5 Å². The number of rotatable bonds is 15. The summed E-state index contributed by atoms with van der Waals surface area (Å²) in [5.41, 5.74) is 6.06. The Balaban J connectivity index is 1.59. The first-order valence-electron chi connectivity index (χ1n) is 15.3. The van der Waals surface area contributed by atoms with Crippen LogP contribution in [0.2, 0.25) is 5.02 Å². The van der Waals surface area contributed by atoms with Crippen molar-refractivity contribution in [2.24, 2.45) is 0 Å². The number of alkyl halides is 2. The lowest BCUT2D eigenvalue weighted by Gasteiger charge is -2.25. The smallest absolute Gasteiger partial charge is 0.387 e.